The molecule has 0 N–H and O–H groups in total. The molecule has 1 rings (SSSR count). The van der Waals surface area contributed by atoms with Gasteiger partial charge in [0, 0.05) is 13.2 Å². The minimum Gasteiger partial charge on any atom is -0.357 e. The summed E-state index contributed by atoms with van der Waals surface area (Å²) >= 11 is 0. The molecule has 0 bridgehead atoms. The Morgan fingerprint density at radius 2 is 1.88 bits per heavy atom. The van der Waals surface area contributed by atoms with Crippen LogP contribution in [0.3, 0.4) is 0 Å². The zero-order valence-corrected chi connectivity index (χ0v) is 10.9. The molecule has 86 valence electrons. The van der Waals surface area contributed by atoms with Crippen LogP contribution in [-0.4, -0.2) is 28.6 Å². The van der Waals surface area contributed by atoms with Gasteiger partial charge in [-0.2, -0.15) is 0 Å². The highest BCUT2D eigenvalue weighted by Crippen LogP contribution is 2.00. The number of rotatable bonds is 7. The van der Waals surface area contributed by atoms with Gasteiger partial charge in [-0.25, -0.2) is 0 Å². The van der Waals surface area contributed by atoms with Gasteiger partial charge in [0.1, 0.15) is 5.91 Å². The number of hydrogen-bond acceptors (Lipinski definition) is 2. The van der Waals surface area contributed by atoms with Gasteiger partial charge in [0.05, 0.1) is 0 Å². The molecule has 0 saturated carbocycles. The fourth-order valence-corrected chi connectivity index (χ4v) is 2.67. The standard InChI is InChI=1S/C13H18O2Si/c1-4-11-9-7-8-10-12(11)16-13(14-5-2)15-6-3/h4,7-10,13H,1,5-6H2,2-3H3. The van der Waals surface area contributed by atoms with Crippen molar-refractivity contribution in [2.45, 2.75) is 19.8 Å². The van der Waals surface area contributed by atoms with Crippen molar-refractivity contribution >= 4 is 20.8 Å². The van der Waals surface area contributed by atoms with Crippen molar-refractivity contribution < 1.29 is 9.47 Å². The molecule has 0 unspecified atom stereocenters. The molecular weight excluding hydrogens is 216 g/mol. The first-order chi connectivity index (χ1) is 7.81. The van der Waals surface area contributed by atoms with Gasteiger partial charge in [-0.1, -0.05) is 42.1 Å². The van der Waals surface area contributed by atoms with E-state index in [0.29, 0.717) is 22.7 Å². The third kappa shape index (κ3) is 3.93. The molecule has 1 aromatic rings. The summed E-state index contributed by atoms with van der Waals surface area (Å²) in [6.07, 6.45) is 1.87. The Bertz CT molecular complexity index is 319. The Kier molecular flexibility index (Phi) is 6.07. The van der Waals surface area contributed by atoms with Crippen LogP contribution < -0.4 is 5.19 Å². The summed E-state index contributed by atoms with van der Waals surface area (Å²) in [5.41, 5.74) is 1.16. The minimum absolute atomic E-state index is 0.129. The van der Waals surface area contributed by atoms with Crippen LogP contribution in [0, 0.1) is 0 Å². The predicted molar refractivity (Wildman–Crippen MR) is 69.0 cm³/mol. The molecule has 0 fully saturated rings. The van der Waals surface area contributed by atoms with E-state index in [1.165, 1.54) is 5.19 Å². The quantitative estimate of drug-likeness (QED) is 0.531. The molecule has 0 amide bonds. The normalized spacial score (nSPS) is 10.7. The van der Waals surface area contributed by atoms with Crippen LogP contribution in [-0.2, 0) is 9.47 Å². The molecule has 0 atom stereocenters. The lowest BCUT2D eigenvalue weighted by Gasteiger charge is -2.17. The van der Waals surface area contributed by atoms with Gasteiger partial charge in [0.15, 0.2) is 9.52 Å². The number of hydrogen-bond donors (Lipinski definition) is 0. The summed E-state index contributed by atoms with van der Waals surface area (Å²) < 4.78 is 11.1. The Labute approximate surface area is 100 Å². The van der Waals surface area contributed by atoms with Gasteiger partial charge in [0.2, 0.25) is 0 Å². The molecule has 0 spiro atoms. The van der Waals surface area contributed by atoms with E-state index in [4.69, 9.17) is 9.47 Å². The molecule has 2 nitrogen and oxygen atoms in total. The monoisotopic (exact) mass is 234 g/mol. The van der Waals surface area contributed by atoms with Crippen LogP contribution >= 0.6 is 0 Å². The smallest absolute Gasteiger partial charge is 0.157 e. The highest BCUT2D eigenvalue weighted by molar-refractivity contribution is 6.55. The van der Waals surface area contributed by atoms with Crippen LogP contribution in [0.15, 0.2) is 30.8 Å². The molecule has 16 heavy (non-hydrogen) atoms. The van der Waals surface area contributed by atoms with E-state index in [0.717, 1.165) is 5.56 Å². The third-order valence-corrected chi connectivity index (χ3v) is 3.43. The highest BCUT2D eigenvalue weighted by atomic mass is 28.2. The van der Waals surface area contributed by atoms with E-state index in [2.05, 4.69) is 18.7 Å². The van der Waals surface area contributed by atoms with E-state index in [1.54, 1.807) is 0 Å². The molecule has 2 radical (unpaired) electrons. The Balaban J connectivity index is 2.71. The number of ether oxygens (including phenoxy) is 2. The largest absolute Gasteiger partial charge is 0.357 e. The van der Waals surface area contributed by atoms with Gasteiger partial charge in [-0.15, -0.1) is 0 Å². The number of benzene rings is 1. The highest BCUT2D eigenvalue weighted by Gasteiger charge is 2.12. The van der Waals surface area contributed by atoms with Crippen molar-refractivity contribution in [3.63, 3.8) is 0 Å². The maximum Gasteiger partial charge on any atom is 0.157 e. The summed E-state index contributed by atoms with van der Waals surface area (Å²) in [5.74, 6) is -0.129. The van der Waals surface area contributed by atoms with Gasteiger partial charge in [-0.3, -0.25) is 0 Å². The first kappa shape index (κ1) is 13.2. The summed E-state index contributed by atoms with van der Waals surface area (Å²) in [7, 11) is 0.499. The summed E-state index contributed by atoms with van der Waals surface area (Å²) in [5, 5.41) is 1.24. The van der Waals surface area contributed by atoms with E-state index < -0.39 is 0 Å². The zero-order chi connectivity index (χ0) is 11.8. The van der Waals surface area contributed by atoms with Crippen LogP contribution in [0.5, 0.6) is 0 Å². The second kappa shape index (κ2) is 7.38. The maximum absolute atomic E-state index is 5.54. The Morgan fingerprint density at radius 3 is 2.44 bits per heavy atom. The van der Waals surface area contributed by atoms with Crippen molar-refractivity contribution in [1.29, 1.82) is 0 Å². The van der Waals surface area contributed by atoms with Crippen LogP contribution in [0.25, 0.3) is 6.08 Å². The fraction of sp³-hybridized carbons (Fsp3) is 0.385. The summed E-state index contributed by atoms with van der Waals surface area (Å²) in [4.78, 5) is 0. The SMILES string of the molecule is C=Cc1ccccc1[Si]C(OCC)OCC. The lowest BCUT2D eigenvalue weighted by atomic mass is 10.2. The first-order valence-corrected chi connectivity index (χ1v) is 6.60. The molecule has 3 heteroatoms. The predicted octanol–water partition coefficient (Wildman–Crippen LogP) is 2.02. The topological polar surface area (TPSA) is 18.5 Å². The van der Waals surface area contributed by atoms with E-state index in [9.17, 15) is 0 Å². The van der Waals surface area contributed by atoms with E-state index >= 15 is 0 Å². The second-order valence-corrected chi connectivity index (χ2v) is 4.48. The van der Waals surface area contributed by atoms with Gasteiger partial charge < -0.3 is 9.47 Å². The average Bonchev–Trinajstić information content (AvgIpc) is 2.30. The molecule has 0 saturated heterocycles. The van der Waals surface area contributed by atoms with Crippen LogP contribution in [0.2, 0.25) is 0 Å². The molecule has 0 aliphatic heterocycles. The van der Waals surface area contributed by atoms with Crippen LogP contribution in [0.4, 0.5) is 0 Å². The van der Waals surface area contributed by atoms with Crippen molar-refractivity contribution in [3.8, 4) is 0 Å². The molecule has 0 heterocycles. The maximum atomic E-state index is 5.54. The third-order valence-electron chi connectivity index (χ3n) is 2.09. The Morgan fingerprint density at radius 1 is 1.25 bits per heavy atom. The van der Waals surface area contributed by atoms with Gasteiger partial charge in [0.25, 0.3) is 0 Å². The lowest BCUT2D eigenvalue weighted by Crippen LogP contribution is -2.34. The van der Waals surface area contributed by atoms with Crippen molar-refractivity contribution in [2.75, 3.05) is 13.2 Å². The van der Waals surface area contributed by atoms with Crippen molar-refractivity contribution in [3.05, 3.63) is 36.4 Å². The van der Waals surface area contributed by atoms with Gasteiger partial charge in [-0.05, 0) is 19.4 Å². The molecule has 0 aromatic heterocycles. The van der Waals surface area contributed by atoms with Crippen molar-refractivity contribution in [1.82, 2.24) is 0 Å². The summed E-state index contributed by atoms with van der Waals surface area (Å²) in [6, 6.07) is 8.20. The molecule has 0 aliphatic rings. The lowest BCUT2D eigenvalue weighted by molar-refractivity contribution is -0.0817. The average molecular weight is 234 g/mol. The van der Waals surface area contributed by atoms with E-state index in [1.807, 2.05) is 32.1 Å². The fourth-order valence-electron chi connectivity index (χ4n) is 1.37. The zero-order valence-electron chi connectivity index (χ0n) is 9.90. The Hall–Kier alpha value is -0.903. The molecule has 1 aromatic carbocycles. The molecule has 0 aliphatic carbocycles. The second-order valence-electron chi connectivity index (χ2n) is 3.18. The van der Waals surface area contributed by atoms with Crippen LogP contribution in [0.1, 0.15) is 19.4 Å². The van der Waals surface area contributed by atoms with E-state index in [-0.39, 0.29) is 5.91 Å². The molecular formula is C13H18O2Si. The minimum atomic E-state index is -0.129. The van der Waals surface area contributed by atoms with Crippen molar-refractivity contribution in [2.24, 2.45) is 0 Å². The first-order valence-electron chi connectivity index (χ1n) is 5.53. The van der Waals surface area contributed by atoms with Gasteiger partial charge >= 0.3 is 0 Å². The summed E-state index contributed by atoms with van der Waals surface area (Å²) in [6.45, 7) is 9.13.